The van der Waals surface area contributed by atoms with Crippen molar-refractivity contribution < 1.29 is 14.3 Å². The summed E-state index contributed by atoms with van der Waals surface area (Å²) in [6.07, 6.45) is 1.73. The van der Waals surface area contributed by atoms with Gasteiger partial charge in [-0.2, -0.15) is 0 Å². The molecule has 2 rings (SSSR count). The van der Waals surface area contributed by atoms with Crippen molar-refractivity contribution in [3.63, 3.8) is 0 Å². The molecular formula is C19H25N3O3. The first-order valence-corrected chi connectivity index (χ1v) is 8.44. The number of benzene rings is 1. The molecule has 6 nitrogen and oxygen atoms in total. The zero-order valence-corrected chi connectivity index (χ0v) is 15.0. The van der Waals surface area contributed by atoms with Crippen molar-refractivity contribution in [3.05, 3.63) is 48.3 Å². The third-order valence-corrected chi connectivity index (χ3v) is 3.82. The number of nitrogens with one attached hydrogen (secondary N) is 1. The Bertz CT molecular complexity index is 653. The molecule has 0 aliphatic rings. The van der Waals surface area contributed by atoms with E-state index in [0.717, 1.165) is 30.3 Å². The predicted molar refractivity (Wildman–Crippen MR) is 98.6 cm³/mol. The minimum absolute atomic E-state index is 0.204. The Morgan fingerprint density at radius 3 is 2.32 bits per heavy atom. The largest absolute Gasteiger partial charge is 0.497 e. The van der Waals surface area contributed by atoms with Gasteiger partial charge in [0.15, 0.2) is 0 Å². The number of anilines is 1. The molecule has 0 aliphatic heterocycles. The highest BCUT2D eigenvalue weighted by atomic mass is 16.5. The molecule has 1 amide bonds. The normalized spacial score (nSPS) is 10.2. The molecule has 25 heavy (non-hydrogen) atoms. The molecule has 1 N–H and O–H groups in total. The van der Waals surface area contributed by atoms with Crippen LogP contribution in [0.3, 0.4) is 0 Å². The van der Waals surface area contributed by atoms with Crippen molar-refractivity contribution >= 4 is 11.6 Å². The molecule has 1 aromatic carbocycles. The standard InChI is InChI=1S/C19H25N3O3/c1-4-22(5-2)15-6-11-18(21-14-15)19(23)20-12-13-25-17-9-7-16(24-3)8-10-17/h6-11,14H,4-5,12-13H2,1-3H3,(H,20,23). The first-order chi connectivity index (χ1) is 12.2. The number of pyridine rings is 1. The van der Waals surface area contributed by atoms with E-state index in [1.165, 1.54) is 0 Å². The van der Waals surface area contributed by atoms with Gasteiger partial charge in [0, 0.05) is 13.1 Å². The van der Waals surface area contributed by atoms with Crippen molar-refractivity contribution in [1.29, 1.82) is 0 Å². The van der Waals surface area contributed by atoms with Crippen molar-refractivity contribution in [3.8, 4) is 11.5 Å². The van der Waals surface area contributed by atoms with Crippen LogP contribution in [-0.2, 0) is 0 Å². The van der Waals surface area contributed by atoms with Crippen LogP contribution < -0.4 is 19.7 Å². The second kappa shape index (κ2) is 9.52. The first kappa shape index (κ1) is 18.6. The van der Waals surface area contributed by atoms with E-state index in [9.17, 15) is 4.79 Å². The van der Waals surface area contributed by atoms with Crippen LogP contribution in [-0.4, -0.2) is 44.2 Å². The van der Waals surface area contributed by atoms with Crippen LogP contribution in [0, 0.1) is 0 Å². The molecule has 134 valence electrons. The summed E-state index contributed by atoms with van der Waals surface area (Å²) >= 11 is 0. The van der Waals surface area contributed by atoms with Crippen molar-refractivity contribution in [2.24, 2.45) is 0 Å². The number of carbonyl (C=O) groups excluding carboxylic acids is 1. The predicted octanol–water partition coefficient (Wildman–Crippen LogP) is 2.75. The van der Waals surface area contributed by atoms with Crippen molar-refractivity contribution in [1.82, 2.24) is 10.3 Å². The summed E-state index contributed by atoms with van der Waals surface area (Å²) in [4.78, 5) is 18.5. The SMILES string of the molecule is CCN(CC)c1ccc(C(=O)NCCOc2ccc(OC)cc2)nc1. The highest BCUT2D eigenvalue weighted by molar-refractivity contribution is 5.92. The minimum atomic E-state index is -0.204. The summed E-state index contributed by atoms with van der Waals surface area (Å²) in [6.45, 7) is 6.79. The Labute approximate surface area is 148 Å². The lowest BCUT2D eigenvalue weighted by Crippen LogP contribution is -2.29. The second-order valence-electron chi connectivity index (χ2n) is 5.35. The average molecular weight is 343 g/mol. The van der Waals surface area contributed by atoms with E-state index in [4.69, 9.17) is 9.47 Å². The quantitative estimate of drug-likeness (QED) is 0.709. The van der Waals surface area contributed by atoms with Gasteiger partial charge in [-0.05, 0) is 50.2 Å². The Kier molecular flexibility index (Phi) is 7.07. The van der Waals surface area contributed by atoms with E-state index < -0.39 is 0 Å². The van der Waals surface area contributed by atoms with Crippen LogP contribution >= 0.6 is 0 Å². The van der Waals surface area contributed by atoms with E-state index in [0.29, 0.717) is 18.8 Å². The minimum Gasteiger partial charge on any atom is -0.497 e. The van der Waals surface area contributed by atoms with Gasteiger partial charge in [0.25, 0.3) is 5.91 Å². The van der Waals surface area contributed by atoms with Gasteiger partial charge in [-0.1, -0.05) is 0 Å². The Morgan fingerprint density at radius 1 is 1.08 bits per heavy atom. The fourth-order valence-electron chi connectivity index (χ4n) is 2.39. The summed E-state index contributed by atoms with van der Waals surface area (Å²) in [7, 11) is 1.62. The van der Waals surface area contributed by atoms with Gasteiger partial charge in [-0.3, -0.25) is 4.79 Å². The van der Waals surface area contributed by atoms with Gasteiger partial charge < -0.3 is 19.7 Å². The van der Waals surface area contributed by atoms with Crippen LogP contribution in [0.2, 0.25) is 0 Å². The number of aromatic nitrogens is 1. The van der Waals surface area contributed by atoms with E-state index in [2.05, 4.69) is 29.0 Å². The van der Waals surface area contributed by atoms with Crippen molar-refractivity contribution in [2.75, 3.05) is 38.3 Å². The summed E-state index contributed by atoms with van der Waals surface area (Å²) in [5, 5.41) is 2.80. The zero-order valence-electron chi connectivity index (χ0n) is 15.0. The van der Waals surface area contributed by atoms with Crippen molar-refractivity contribution in [2.45, 2.75) is 13.8 Å². The topological polar surface area (TPSA) is 63.7 Å². The van der Waals surface area contributed by atoms with Crippen LogP contribution in [0.1, 0.15) is 24.3 Å². The smallest absolute Gasteiger partial charge is 0.269 e. The van der Waals surface area contributed by atoms with Gasteiger partial charge >= 0.3 is 0 Å². The Hall–Kier alpha value is -2.76. The van der Waals surface area contributed by atoms with E-state index >= 15 is 0 Å². The summed E-state index contributed by atoms with van der Waals surface area (Å²) in [5.41, 5.74) is 1.42. The summed E-state index contributed by atoms with van der Waals surface area (Å²) < 4.78 is 10.7. The third kappa shape index (κ3) is 5.38. The Balaban J connectivity index is 1.77. The number of amides is 1. The molecule has 0 aliphatic carbocycles. The first-order valence-electron chi connectivity index (χ1n) is 8.44. The molecule has 1 aromatic heterocycles. The molecule has 6 heteroatoms. The molecule has 1 heterocycles. The molecule has 0 radical (unpaired) electrons. The van der Waals surface area contributed by atoms with E-state index in [1.54, 1.807) is 19.4 Å². The molecule has 0 saturated heterocycles. The monoisotopic (exact) mass is 343 g/mol. The fraction of sp³-hybridized carbons (Fsp3) is 0.368. The Morgan fingerprint density at radius 2 is 1.76 bits per heavy atom. The average Bonchev–Trinajstić information content (AvgIpc) is 2.67. The molecule has 0 fully saturated rings. The molecule has 0 unspecified atom stereocenters. The van der Waals surface area contributed by atoms with Gasteiger partial charge in [0.05, 0.1) is 25.5 Å². The lowest BCUT2D eigenvalue weighted by atomic mass is 10.3. The lowest BCUT2D eigenvalue weighted by Gasteiger charge is -2.20. The van der Waals surface area contributed by atoms with Crippen LogP contribution in [0.25, 0.3) is 0 Å². The number of ether oxygens (including phenoxy) is 2. The lowest BCUT2D eigenvalue weighted by molar-refractivity contribution is 0.0942. The highest BCUT2D eigenvalue weighted by Crippen LogP contribution is 2.16. The molecule has 2 aromatic rings. The molecule has 0 atom stereocenters. The van der Waals surface area contributed by atoms with E-state index in [1.807, 2.05) is 30.3 Å². The number of hydrogen-bond acceptors (Lipinski definition) is 5. The number of carbonyl (C=O) groups is 1. The molecular weight excluding hydrogens is 318 g/mol. The number of rotatable bonds is 9. The highest BCUT2D eigenvalue weighted by Gasteiger charge is 2.08. The maximum atomic E-state index is 12.1. The third-order valence-electron chi connectivity index (χ3n) is 3.82. The van der Waals surface area contributed by atoms with Crippen LogP contribution in [0.4, 0.5) is 5.69 Å². The number of methoxy groups -OCH3 is 1. The zero-order chi connectivity index (χ0) is 18.1. The van der Waals surface area contributed by atoms with Gasteiger partial charge in [0.2, 0.25) is 0 Å². The maximum absolute atomic E-state index is 12.1. The van der Waals surface area contributed by atoms with Gasteiger partial charge in [0.1, 0.15) is 23.8 Å². The molecule has 0 bridgehead atoms. The maximum Gasteiger partial charge on any atom is 0.269 e. The number of nitrogens with zero attached hydrogens (tertiary/aromatic N) is 2. The second-order valence-corrected chi connectivity index (χ2v) is 5.35. The summed E-state index contributed by atoms with van der Waals surface area (Å²) in [6, 6.07) is 11.0. The van der Waals surface area contributed by atoms with Gasteiger partial charge in [-0.15, -0.1) is 0 Å². The van der Waals surface area contributed by atoms with Crippen LogP contribution in [0.5, 0.6) is 11.5 Å². The summed E-state index contributed by atoms with van der Waals surface area (Å²) in [5.74, 6) is 1.31. The number of hydrogen-bond donors (Lipinski definition) is 1. The molecule has 0 saturated carbocycles. The van der Waals surface area contributed by atoms with Gasteiger partial charge in [-0.25, -0.2) is 4.98 Å². The fourth-order valence-corrected chi connectivity index (χ4v) is 2.39. The van der Waals surface area contributed by atoms with Crippen LogP contribution in [0.15, 0.2) is 42.6 Å². The van der Waals surface area contributed by atoms with E-state index in [-0.39, 0.29) is 5.91 Å². The molecule has 0 spiro atoms.